The van der Waals surface area contributed by atoms with Crippen LogP contribution in [-0.4, -0.2) is 24.0 Å². The van der Waals surface area contributed by atoms with E-state index in [-0.39, 0.29) is 5.91 Å². The molecule has 0 unspecified atom stereocenters. The number of hydrogen-bond donors (Lipinski definition) is 1. The molecular formula is C20H25N3O. The Kier molecular flexibility index (Phi) is 5.47. The number of anilines is 1. The van der Waals surface area contributed by atoms with E-state index in [1.807, 2.05) is 42.5 Å². The fraction of sp³-hybridized carbons (Fsp3) is 0.400. The molecule has 1 saturated heterocycles. The first-order valence-electron chi connectivity index (χ1n) is 8.75. The van der Waals surface area contributed by atoms with Gasteiger partial charge in [0, 0.05) is 31.5 Å². The minimum Gasteiger partial charge on any atom is -0.371 e. The monoisotopic (exact) mass is 323 g/mol. The third kappa shape index (κ3) is 4.34. The maximum atomic E-state index is 12.4. The molecule has 3 rings (SSSR count). The maximum Gasteiger partial charge on any atom is 0.270 e. The van der Waals surface area contributed by atoms with Gasteiger partial charge in [-0.2, -0.15) is 0 Å². The quantitative estimate of drug-likeness (QED) is 0.934. The highest BCUT2D eigenvalue weighted by molar-refractivity contribution is 5.93. The van der Waals surface area contributed by atoms with Crippen molar-refractivity contribution >= 4 is 11.6 Å². The SMILES string of the molecule is C[C@H]1CCCN(c2ccnc(C(=O)NCc3ccccc3)c2)CC1. The lowest BCUT2D eigenvalue weighted by atomic mass is 10.0. The molecule has 0 spiro atoms. The van der Waals surface area contributed by atoms with Gasteiger partial charge in [0.2, 0.25) is 0 Å². The van der Waals surface area contributed by atoms with Crippen LogP contribution in [0.5, 0.6) is 0 Å². The van der Waals surface area contributed by atoms with Crippen LogP contribution in [0.4, 0.5) is 5.69 Å². The second-order valence-corrected chi connectivity index (χ2v) is 6.59. The summed E-state index contributed by atoms with van der Waals surface area (Å²) in [4.78, 5) is 19.0. The summed E-state index contributed by atoms with van der Waals surface area (Å²) in [5.74, 6) is 0.661. The summed E-state index contributed by atoms with van der Waals surface area (Å²) in [6.07, 6.45) is 5.43. The predicted octanol–water partition coefficient (Wildman–Crippen LogP) is 3.64. The average molecular weight is 323 g/mol. The zero-order valence-electron chi connectivity index (χ0n) is 14.2. The molecule has 24 heavy (non-hydrogen) atoms. The minimum atomic E-state index is -0.121. The maximum absolute atomic E-state index is 12.4. The van der Waals surface area contributed by atoms with E-state index >= 15 is 0 Å². The van der Waals surface area contributed by atoms with Gasteiger partial charge in [0.15, 0.2) is 0 Å². The van der Waals surface area contributed by atoms with Crippen molar-refractivity contribution in [2.75, 3.05) is 18.0 Å². The van der Waals surface area contributed by atoms with E-state index in [4.69, 9.17) is 0 Å². The van der Waals surface area contributed by atoms with Crippen LogP contribution in [0.3, 0.4) is 0 Å². The Morgan fingerprint density at radius 3 is 2.88 bits per heavy atom. The number of carbonyl (C=O) groups is 1. The Morgan fingerprint density at radius 1 is 1.21 bits per heavy atom. The van der Waals surface area contributed by atoms with Crippen LogP contribution in [0.1, 0.15) is 42.2 Å². The van der Waals surface area contributed by atoms with Gasteiger partial charge in [0.1, 0.15) is 5.69 Å². The van der Waals surface area contributed by atoms with Crippen molar-refractivity contribution in [3.8, 4) is 0 Å². The van der Waals surface area contributed by atoms with E-state index in [1.54, 1.807) is 6.20 Å². The molecule has 1 aromatic carbocycles. The Morgan fingerprint density at radius 2 is 2.04 bits per heavy atom. The number of nitrogens with one attached hydrogen (secondary N) is 1. The molecule has 1 fully saturated rings. The van der Waals surface area contributed by atoms with Gasteiger partial charge in [-0.1, -0.05) is 37.3 Å². The Hall–Kier alpha value is -2.36. The van der Waals surface area contributed by atoms with Crippen molar-refractivity contribution in [2.24, 2.45) is 5.92 Å². The van der Waals surface area contributed by atoms with Crippen LogP contribution in [0, 0.1) is 5.92 Å². The summed E-state index contributed by atoms with van der Waals surface area (Å²) in [6, 6.07) is 13.8. The van der Waals surface area contributed by atoms with Crippen molar-refractivity contribution in [2.45, 2.75) is 32.7 Å². The van der Waals surface area contributed by atoms with E-state index in [0.717, 1.165) is 30.3 Å². The van der Waals surface area contributed by atoms with Crippen LogP contribution in [0.15, 0.2) is 48.7 Å². The lowest BCUT2D eigenvalue weighted by Gasteiger charge is -2.23. The van der Waals surface area contributed by atoms with Crippen molar-refractivity contribution in [1.82, 2.24) is 10.3 Å². The molecule has 1 aliphatic heterocycles. The second kappa shape index (κ2) is 7.95. The largest absolute Gasteiger partial charge is 0.371 e. The van der Waals surface area contributed by atoms with Gasteiger partial charge in [0.25, 0.3) is 5.91 Å². The highest BCUT2D eigenvalue weighted by Crippen LogP contribution is 2.22. The molecule has 1 atom stereocenters. The van der Waals surface area contributed by atoms with E-state index in [0.29, 0.717) is 12.2 Å². The van der Waals surface area contributed by atoms with Gasteiger partial charge in [-0.05, 0) is 42.9 Å². The molecule has 126 valence electrons. The highest BCUT2D eigenvalue weighted by atomic mass is 16.1. The van der Waals surface area contributed by atoms with Crippen molar-refractivity contribution in [3.63, 3.8) is 0 Å². The smallest absolute Gasteiger partial charge is 0.270 e. The summed E-state index contributed by atoms with van der Waals surface area (Å²) in [6.45, 7) is 4.95. The lowest BCUT2D eigenvalue weighted by molar-refractivity contribution is 0.0946. The van der Waals surface area contributed by atoms with Crippen molar-refractivity contribution in [1.29, 1.82) is 0 Å². The number of rotatable bonds is 4. The summed E-state index contributed by atoms with van der Waals surface area (Å²) in [5, 5.41) is 2.94. The number of aromatic nitrogens is 1. The summed E-state index contributed by atoms with van der Waals surface area (Å²) >= 11 is 0. The van der Waals surface area contributed by atoms with Crippen molar-refractivity contribution in [3.05, 3.63) is 59.9 Å². The lowest BCUT2D eigenvalue weighted by Crippen LogP contribution is -2.26. The Balaban J connectivity index is 1.64. The summed E-state index contributed by atoms with van der Waals surface area (Å²) in [5.41, 5.74) is 2.67. The van der Waals surface area contributed by atoms with E-state index in [1.165, 1.54) is 19.3 Å². The first-order valence-corrected chi connectivity index (χ1v) is 8.75. The summed E-state index contributed by atoms with van der Waals surface area (Å²) in [7, 11) is 0. The van der Waals surface area contributed by atoms with Crippen LogP contribution in [0.2, 0.25) is 0 Å². The molecule has 2 heterocycles. The van der Waals surface area contributed by atoms with Gasteiger partial charge in [-0.25, -0.2) is 0 Å². The predicted molar refractivity (Wildman–Crippen MR) is 97.1 cm³/mol. The molecule has 2 aromatic rings. The van der Waals surface area contributed by atoms with Crippen LogP contribution < -0.4 is 10.2 Å². The van der Waals surface area contributed by atoms with Crippen LogP contribution in [-0.2, 0) is 6.54 Å². The third-order valence-corrected chi connectivity index (χ3v) is 4.65. The molecule has 1 aromatic heterocycles. The number of benzene rings is 1. The van der Waals surface area contributed by atoms with E-state index in [2.05, 4.69) is 22.1 Å². The van der Waals surface area contributed by atoms with Crippen LogP contribution >= 0.6 is 0 Å². The van der Waals surface area contributed by atoms with Gasteiger partial charge in [0.05, 0.1) is 0 Å². The standard InChI is InChI=1S/C20H25N3O/c1-16-6-5-12-23(13-10-16)18-9-11-21-19(14-18)20(24)22-15-17-7-3-2-4-8-17/h2-4,7-9,11,14,16H,5-6,10,12-13,15H2,1H3,(H,22,24)/t16-/m0/s1. The first-order chi connectivity index (χ1) is 11.7. The number of amides is 1. The third-order valence-electron chi connectivity index (χ3n) is 4.65. The fourth-order valence-corrected chi connectivity index (χ4v) is 3.13. The van der Waals surface area contributed by atoms with E-state index < -0.39 is 0 Å². The van der Waals surface area contributed by atoms with Crippen molar-refractivity contribution < 1.29 is 4.79 Å². The second-order valence-electron chi connectivity index (χ2n) is 6.59. The molecule has 0 saturated carbocycles. The molecule has 0 bridgehead atoms. The molecule has 4 nitrogen and oxygen atoms in total. The molecule has 0 aliphatic carbocycles. The minimum absolute atomic E-state index is 0.121. The van der Waals surface area contributed by atoms with Crippen LogP contribution in [0.25, 0.3) is 0 Å². The fourth-order valence-electron chi connectivity index (χ4n) is 3.13. The number of nitrogens with zero attached hydrogens (tertiary/aromatic N) is 2. The Bertz CT molecular complexity index is 672. The molecule has 1 aliphatic rings. The molecule has 0 radical (unpaired) electrons. The number of pyridine rings is 1. The zero-order chi connectivity index (χ0) is 16.8. The molecule has 1 N–H and O–H groups in total. The topological polar surface area (TPSA) is 45.2 Å². The first kappa shape index (κ1) is 16.5. The molecular weight excluding hydrogens is 298 g/mol. The molecule has 4 heteroatoms. The van der Waals surface area contributed by atoms with Gasteiger partial charge < -0.3 is 10.2 Å². The number of carbonyl (C=O) groups excluding carboxylic acids is 1. The van der Waals surface area contributed by atoms with Gasteiger partial charge >= 0.3 is 0 Å². The molecule has 1 amide bonds. The summed E-state index contributed by atoms with van der Waals surface area (Å²) < 4.78 is 0. The normalized spacial score (nSPS) is 18.0. The van der Waals surface area contributed by atoms with E-state index in [9.17, 15) is 4.79 Å². The zero-order valence-corrected chi connectivity index (χ0v) is 14.2. The van der Waals surface area contributed by atoms with Gasteiger partial charge in [-0.15, -0.1) is 0 Å². The highest BCUT2D eigenvalue weighted by Gasteiger charge is 2.16. The van der Waals surface area contributed by atoms with Gasteiger partial charge in [-0.3, -0.25) is 9.78 Å². The average Bonchev–Trinajstić information content (AvgIpc) is 2.85. The number of hydrogen-bond acceptors (Lipinski definition) is 3. The Labute approximate surface area is 143 Å².